The van der Waals surface area contributed by atoms with Gasteiger partial charge in [0.25, 0.3) is 0 Å². The monoisotopic (exact) mass is 211 g/mol. The van der Waals surface area contributed by atoms with Crippen LogP contribution < -0.4 is 0 Å². The highest BCUT2D eigenvalue weighted by Gasteiger charge is 2.20. The summed E-state index contributed by atoms with van der Waals surface area (Å²) in [6, 6.07) is -0.707. The Hall–Kier alpha value is -0.810. The third-order valence-corrected chi connectivity index (χ3v) is 1.54. The van der Waals surface area contributed by atoms with Crippen LogP contribution in [0.2, 0.25) is 0 Å². The van der Waals surface area contributed by atoms with Crippen LogP contribution in [-0.2, 0) is 9.59 Å². The summed E-state index contributed by atoms with van der Waals surface area (Å²) in [6.07, 6.45) is 0.0206. The van der Waals surface area contributed by atoms with E-state index >= 15 is 0 Å². The van der Waals surface area contributed by atoms with E-state index in [1.165, 1.54) is 4.90 Å². The van der Waals surface area contributed by atoms with Gasteiger partial charge in [0.15, 0.2) is 0 Å². The molecule has 0 aromatic carbocycles. The Morgan fingerprint density at radius 3 is 2.00 bits per heavy atom. The molecular weight excluding hydrogens is 198 g/mol. The van der Waals surface area contributed by atoms with Crippen LogP contribution in [0.3, 0.4) is 0 Å². The lowest BCUT2D eigenvalue weighted by Crippen LogP contribution is -2.35. The minimum absolute atomic E-state index is 0. The average molecular weight is 212 g/mol. The summed E-state index contributed by atoms with van der Waals surface area (Å²) in [5, 5.41) is 16.9. The number of hydrogen-bond donors (Lipinski definition) is 2. The van der Waals surface area contributed by atoms with E-state index in [0.29, 0.717) is 0 Å². The van der Waals surface area contributed by atoms with Gasteiger partial charge in [-0.05, 0) is 20.5 Å². The molecule has 0 aliphatic carbocycles. The first-order chi connectivity index (χ1) is 5.45. The second-order valence-corrected chi connectivity index (χ2v) is 2.75. The molecule has 0 fully saturated rings. The Balaban J connectivity index is 0. The molecule has 0 aromatic rings. The molecule has 0 spiro atoms. The van der Waals surface area contributed by atoms with Gasteiger partial charge in [0.2, 0.25) is 0 Å². The SMILES string of the molecule is CN(C)[C@@H](CCC(=O)O)C(=O)O.Cl. The third-order valence-electron chi connectivity index (χ3n) is 1.54. The first-order valence-corrected chi connectivity index (χ1v) is 3.56. The van der Waals surface area contributed by atoms with E-state index in [1.54, 1.807) is 14.1 Å². The minimum Gasteiger partial charge on any atom is -0.481 e. The summed E-state index contributed by atoms with van der Waals surface area (Å²) in [5.41, 5.74) is 0. The Kier molecular flexibility index (Phi) is 7.55. The number of hydrogen-bond acceptors (Lipinski definition) is 3. The van der Waals surface area contributed by atoms with Crippen LogP contribution in [-0.4, -0.2) is 47.2 Å². The first kappa shape index (κ1) is 14.7. The topological polar surface area (TPSA) is 77.8 Å². The van der Waals surface area contributed by atoms with Crippen LogP contribution in [0, 0.1) is 0 Å². The minimum atomic E-state index is -0.985. The van der Waals surface area contributed by atoms with Crippen molar-refractivity contribution in [1.29, 1.82) is 0 Å². The normalized spacial score (nSPS) is 11.9. The average Bonchev–Trinajstić information content (AvgIpc) is 1.84. The first-order valence-electron chi connectivity index (χ1n) is 3.56. The van der Waals surface area contributed by atoms with E-state index in [0.717, 1.165) is 0 Å². The van der Waals surface area contributed by atoms with E-state index in [-0.39, 0.29) is 25.2 Å². The zero-order valence-electron chi connectivity index (χ0n) is 7.56. The second-order valence-electron chi connectivity index (χ2n) is 2.75. The molecular formula is C7H14ClNO4. The zero-order chi connectivity index (χ0) is 9.72. The van der Waals surface area contributed by atoms with Crippen molar-refractivity contribution in [2.24, 2.45) is 0 Å². The Bertz CT molecular complexity index is 183. The number of carboxylic acid groups (broad SMARTS) is 2. The molecule has 0 amide bonds. The molecule has 78 valence electrons. The lowest BCUT2D eigenvalue weighted by atomic mass is 10.1. The van der Waals surface area contributed by atoms with Crippen LogP contribution in [0.1, 0.15) is 12.8 Å². The maximum Gasteiger partial charge on any atom is 0.320 e. The molecule has 0 aliphatic rings. The van der Waals surface area contributed by atoms with Gasteiger partial charge < -0.3 is 10.2 Å². The fourth-order valence-corrected chi connectivity index (χ4v) is 0.863. The van der Waals surface area contributed by atoms with Crippen molar-refractivity contribution in [3.8, 4) is 0 Å². The Morgan fingerprint density at radius 1 is 1.31 bits per heavy atom. The second kappa shape index (κ2) is 6.68. The molecule has 1 atom stereocenters. The van der Waals surface area contributed by atoms with Gasteiger partial charge in [0.1, 0.15) is 6.04 Å². The largest absolute Gasteiger partial charge is 0.481 e. The molecule has 2 N–H and O–H groups in total. The lowest BCUT2D eigenvalue weighted by Gasteiger charge is -2.18. The molecule has 0 aromatic heterocycles. The van der Waals surface area contributed by atoms with Gasteiger partial charge in [-0.25, -0.2) is 0 Å². The summed E-state index contributed by atoms with van der Waals surface area (Å²) in [7, 11) is 3.22. The molecule has 6 heteroatoms. The predicted octanol–water partition coefficient (Wildman–Crippen LogP) is 0.288. The van der Waals surface area contributed by atoms with E-state index in [2.05, 4.69) is 0 Å². The quantitative estimate of drug-likeness (QED) is 0.684. The highest BCUT2D eigenvalue weighted by Crippen LogP contribution is 2.03. The smallest absolute Gasteiger partial charge is 0.320 e. The van der Waals surface area contributed by atoms with Gasteiger partial charge in [-0.3, -0.25) is 14.5 Å². The van der Waals surface area contributed by atoms with Crippen molar-refractivity contribution in [2.45, 2.75) is 18.9 Å². The summed E-state index contributed by atoms with van der Waals surface area (Å²) in [6.45, 7) is 0. The van der Waals surface area contributed by atoms with Crippen LogP contribution in [0.15, 0.2) is 0 Å². The van der Waals surface area contributed by atoms with Crippen LogP contribution in [0.4, 0.5) is 0 Å². The predicted molar refractivity (Wildman–Crippen MR) is 49.2 cm³/mol. The number of aliphatic carboxylic acids is 2. The highest BCUT2D eigenvalue weighted by atomic mass is 35.5. The molecule has 0 rings (SSSR count). The van der Waals surface area contributed by atoms with Crippen LogP contribution >= 0.6 is 12.4 Å². The van der Waals surface area contributed by atoms with Gasteiger partial charge in [-0.1, -0.05) is 0 Å². The van der Waals surface area contributed by atoms with E-state index < -0.39 is 18.0 Å². The van der Waals surface area contributed by atoms with Crippen molar-refractivity contribution in [2.75, 3.05) is 14.1 Å². The van der Waals surface area contributed by atoms with Crippen LogP contribution in [0.5, 0.6) is 0 Å². The summed E-state index contributed by atoms with van der Waals surface area (Å²) >= 11 is 0. The van der Waals surface area contributed by atoms with Gasteiger partial charge in [0, 0.05) is 6.42 Å². The van der Waals surface area contributed by atoms with Gasteiger partial charge in [-0.2, -0.15) is 0 Å². The Morgan fingerprint density at radius 2 is 1.77 bits per heavy atom. The maximum atomic E-state index is 10.5. The van der Waals surface area contributed by atoms with Gasteiger partial charge in [0.05, 0.1) is 0 Å². The van der Waals surface area contributed by atoms with Crippen LogP contribution in [0.25, 0.3) is 0 Å². The van der Waals surface area contributed by atoms with Crippen molar-refractivity contribution in [1.82, 2.24) is 4.90 Å². The van der Waals surface area contributed by atoms with Crippen molar-refractivity contribution in [3.05, 3.63) is 0 Å². The maximum absolute atomic E-state index is 10.5. The number of carboxylic acids is 2. The molecule has 0 radical (unpaired) electrons. The number of nitrogens with zero attached hydrogens (tertiary/aromatic N) is 1. The molecule has 0 saturated carbocycles. The van der Waals surface area contributed by atoms with E-state index in [1.807, 2.05) is 0 Å². The number of halogens is 1. The Labute approximate surface area is 82.8 Å². The van der Waals surface area contributed by atoms with Crippen molar-refractivity contribution < 1.29 is 19.8 Å². The molecule has 13 heavy (non-hydrogen) atoms. The number of rotatable bonds is 5. The lowest BCUT2D eigenvalue weighted by molar-refractivity contribution is -0.143. The number of likely N-dealkylation sites (N-methyl/N-ethyl adjacent to an activating group) is 1. The zero-order valence-corrected chi connectivity index (χ0v) is 8.37. The summed E-state index contributed by atoms with van der Waals surface area (Å²) < 4.78 is 0. The summed E-state index contributed by atoms with van der Waals surface area (Å²) in [5.74, 6) is -1.95. The molecule has 0 aliphatic heterocycles. The molecule has 0 bridgehead atoms. The molecule has 0 unspecified atom stereocenters. The van der Waals surface area contributed by atoms with Crippen molar-refractivity contribution >= 4 is 24.3 Å². The fourth-order valence-electron chi connectivity index (χ4n) is 0.863. The number of carbonyl (C=O) groups is 2. The molecule has 5 nitrogen and oxygen atoms in total. The fraction of sp³-hybridized carbons (Fsp3) is 0.714. The van der Waals surface area contributed by atoms with Crippen molar-refractivity contribution in [3.63, 3.8) is 0 Å². The van der Waals surface area contributed by atoms with E-state index in [9.17, 15) is 9.59 Å². The third kappa shape index (κ3) is 6.36. The standard InChI is InChI=1S/C7H13NO4.ClH/c1-8(2)5(7(11)12)3-4-6(9)10;/h5H,3-4H2,1-2H3,(H,9,10)(H,11,12);1H/t5-;/m0./s1. The van der Waals surface area contributed by atoms with Gasteiger partial charge in [-0.15, -0.1) is 12.4 Å². The summed E-state index contributed by atoms with van der Waals surface area (Å²) in [4.78, 5) is 22.1. The highest BCUT2D eigenvalue weighted by molar-refractivity contribution is 5.85. The molecule has 0 heterocycles. The molecule has 0 saturated heterocycles. The van der Waals surface area contributed by atoms with E-state index in [4.69, 9.17) is 10.2 Å². The van der Waals surface area contributed by atoms with Gasteiger partial charge >= 0.3 is 11.9 Å².